The standard InChI is InChI=1S/C17H11ClFNO2/c18-12-6-4-11(5-7-12)15-8-9-16(22-15)17(21)20-14-3-1-2-13(19)10-14/h1-10H,(H,20,21). The molecule has 1 amide bonds. The maximum atomic E-state index is 13.1. The predicted molar refractivity (Wildman–Crippen MR) is 83.5 cm³/mol. The average molecular weight is 316 g/mol. The molecule has 3 nitrogen and oxygen atoms in total. The Morgan fingerprint density at radius 2 is 1.82 bits per heavy atom. The second-order valence-electron chi connectivity index (χ2n) is 4.64. The largest absolute Gasteiger partial charge is 0.451 e. The van der Waals surface area contributed by atoms with E-state index in [1.165, 1.54) is 18.2 Å². The van der Waals surface area contributed by atoms with Crippen LogP contribution in [0.3, 0.4) is 0 Å². The number of nitrogens with one attached hydrogen (secondary N) is 1. The highest BCUT2D eigenvalue weighted by Gasteiger charge is 2.12. The molecule has 0 spiro atoms. The minimum absolute atomic E-state index is 0.147. The minimum atomic E-state index is -0.439. The number of rotatable bonds is 3. The van der Waals surface area contributed by atoms with Crippen LogP contribution in [0.1, 0.15) is 10.6 Å². The Morgan fingerprint density at radius 3 is 2.55 bits per heavy atom. The van der Waals surface area contributed by atoms with E-state index in [0.717, 1.165) is 5.56 Å². The molecule has 0 saturated heterocycles. The van der Waals surface area contributed by atoms with Gasteiger partial charge >= 0.3 is 0 Å². The molecule has 5 heteroatoms. The van der Waals surface area contributed by atoms with Gasteiger partial charge < -0.3 is 9.73 Å². The van der Waals surface area contributed by atoms with Crippen LogP contribution in [0.2, 0.25) is 5.02 Å². The molecule has 3 aromatic rings. The van der Waals surface area contributed by atoms with Crippen molar-refractivity contribution in [2.75, 3.05) is 5.32 Å². The van der Waals surface area contributed by atoms with Crippen LogP contribution in [0.15, 0.2) is 65.1 Å². The van der Waals surface area contributed by atoms with E-state index in [-0.39, 0.29) is 5.76 Å². The van der Waals surface area contributed by atoms with E-state index in [1.54, 1.807) is 42.5 Å². The lowest BCUT2D eigenvalue weighted by Gasteiger charge is -2.03. The smallest absolute Gasteiger partial charge is 0.291 e. The van der Waals surface area contributed by atoms with E-state index in [4.69, 9.17) is 16.0 Å². The highest BCUT2D eigenvalue weighted by Crippen LogP contribution is 2.24. The second kappa shape index (κ2) is 6.03. The van der Waals surface area contributed by atoms with Crippen molar-refractivity contribution in [3.8, 4) is 11.3 Å². The number of carbonyl (C=O) groups is 1. The maximum absolute atomic E-state index is 13.1. The van der Waals surface area contributed by atoms with Gasteiger partial charge in [0.2, 0.25) is 0 Å². The van der Waals surface area contributed by atoms with Gasteiger partial charge in [0.05, 0.1) is 0 Å². The van der Waals surface area contributed by atoms with Gasteiger partial charge in [-0.15, -0.1) is 0 Å². The van der Waals surface area contributed by atoms with Crippen LogP contribution in [0, 0.1) is 5.82 Å². The fourth-order valence-corrected chi connectivity index (χ4v) is 2.11. The molecule has 0 unspecified atom stereocenters. The second-order valence-corrected chi connectivity index (χ2v) is 5.07. The molecule has 1 N–H and O–H groups in total. The molecular formula is C17H11ClFNO2. The summed E-state index contributed by atoms with van der Waals surface area (Å²) in [6.07, 6.45) is 0. The third kappa shape index (κ3) is 3.18. The summed E-state index contributed by atoms with van der Waals surface area (Å²) in [5.74, 6) is -0.153. The number of carbonyl (C=O) groups excluding carboxylic acids is 1. The van der Waals surface area contributed by atoms with Gasteiger partial charge in [-0.05, 0) is 54.6 Å². The summed E-state index contributed by atoms with van der Waals surface area (Å²) in [4.78, 5) is 12.1. The third-order valence-electron chi connectivity index (χ3n) is 3.04. The number of hydrogen-bond donors (Lipinski definition) is 1. The van der Waals surface area contributed by atoms with Crippen LogP contribution in [-0.4, -0.2) is 5.91 Å². The van der Waals surface area contributed by atoms with Gasteiger partial charge in [-0.1, -0.05) is 17.7 Å². The van der Waals surface area contributed by atoms with Crippen molar-refractivity contribution in [3.63, 3.8) is 0 Å². The molecule has 0 saturated carbocycles. The molecule has 0 bridgehead atoms. The number of amides is 1. The van der Waals surface area contributed by atoms with Crippen LogP contribution in [0.25, 0.3) is 11.3 Å². The van der Waals surface area contributed by atoms with Gasteiger partial charge in [0.15, 0.2) is 5.76 Å². The molecule has 0 atom stereocenters. The van der Waals surface area contributed by atoms with Gasteiger partial charge in [0.25, 0.3) is 5.91 Å². The summed E-state index contributed by atoms with van der Waals surface area (Å²) in [7, 11) is 0. The first-order valence-corrected chi connectivity index (χ1v) is 6.92. The zero-order chi connectivity index (χ0) is 15.5. The molecule has 1 aromatic heterocycles. The topological polar surface area (TPSA) is 42.2 Å². The Morgan fingerprint density at radius 1 is 1.05 bits per heavy atom. The summed E-state index contributed by atoms with van der Waals surface area (Å²) in [6.45, 7) is 0. The molecule has 2 aromatic carbocycles. The van der Waals surface area contributed by atoms with Crippen LogP contribution < -0.4 is 5.32 Å². The summed E-state index contributed by atoms with van der Waals surface area (Å²) < 4.78 is 18.6. The van der Waals surface area contributed by atoms with E-state index in [1.807, 2.05) is 0 Å². The number of furan rings is 1. The van der Waals surface area contributed by atoms with Crippen molar-refractivity contribution in [2.24, 2.45) is 0 Å². The van der Waals surface area contributed by atoms with Crippen molar-refractivity contribution in [3.05, 3.63) is 77.3 Å². The molecule has 3 rings (SSSR count). The Labute approximate surface area is 131 Å². The fraction of sp³-hybridized carbons (Fsp3) is 0. The summed E-state index contributed by atoms with van der Waals surface area (Å²) in [6, 6.07) is 16.0. The van der Waals surface area contributed by atoms with E-state index >= 15 is 0 Å². The SMILES string of the molecule is O=C(Nc1cccc(F)c1)c1ccc(-c2ccc(Cl)cc2)o1. The molecule has 22 heavy (non-hydrogen) atoms. The number of halogens is 2. The molecule has 0 aliphatic carbocycles. The first-order chi connectivity index (χ1) is 10.6. The Hall–Kier alpha value is -2.59. The molecule has 0 aliphatic heterocycles. The number of hydrogen-bond acceptors (Lipinski definition) is 2. The molecule has 1 heterocycles. The van der Waals surface area contributed by atoms with Crippen LogP contribution >= 0.6 is 11.6 Å². The number of anilines is 1. The zero-order valence-corrected chi connectivity index (χ0v) is 12.1. The molecular weight excluding hydrogens is 305 g/mol. The van der Waals surface area contributed by atoms with Crippen molar-refractivity contribution in [1.29, 1.82) is 0 Å². The molecule has 0 radical (unpaired) electrons. The van der Waals surface area contributed by atoms with Crippen LogP contribution in [-0.2, 0) is 0 Å². The van der Waals surface area contributed by atoms with E-state index in [2.05, 4.69) is 5.32 Å². The van der Waals surface area contributed by atoms with Crippen molar-refractivity contribution >= 4 is 23.2 Å². The van der Waals surface area contributed by atoms with E-state index < -0.39 is 11.7 Å². The van der Waals surface area contributed by atoms with Crippen LogP contribution in [0.4, 0.5) is 10.1 Å². The molecule has 0 fully saturated rings. The maximum Gasteiger partial charge on any atom is 0.291 e. The summed E-state index contributed by atoms with van der Waals surface area (Å²) in [5, 5.41) is 3.20. The van der Waals surface area contributed by atoms with Crippen molar-refractivity contribution in [1.82, 2.24) is 0 Å². The van der Waals surface area contributed by atoms with Gasteiger partial charge in [-0.2, -0.15) is 0 Å². The Kier molecular flexibility index (Phi) is 3.94. The zero-order valence-electron chi connectivity index (χ0n) is 11.3. The van der Waals surface area contributed by atoms with Crippen LogP contribution in [0.5, 0.6) is 0 Å². The first-order valence-electron chi connectivity index (χ1n) is 6.54. The molecule has 110 valence electrons. The van der Waals surface area contributed by atoms with E-state index in [9.17, 15) is 9.18 Å². The number of benzene rings is 2. The van der Waals surface area contributed by atoms with Gasteiger partial charge in [-0.3, -0.25) is 4.79 Å². The normalized spacial score (nSPS) is 10.5. The summed E-state index contributed by atoms with van der Waals surface area (Å²) >= 11 is 5.83. The lowest BCUT2D eigenvalue weighted by Crippen LogP contribution is -2.10. The van der Waals surface area contributed by atoms with E-state index in [0.29, 0.717) is 16.5 Å². The highest BCUT2D eigenvalue weighted by atomic mass is 35.5. The van der Waals surface area contributed by atoms with Gasteiger partial charge in [0, 0.05) is 16.3 Å². The average Bonchev–Trinajstić information content (AvgIpc) is 2.98. The quantitative estimate of drug-likeness (QED) is 0.739. The first kappa shape index (κ1) is 14.4. The third-order valence-corrected chi connectivity index (χ3v) is 3.29. The lowest BCUT2D eigenvalue weighted by molar-refractivity contribution is 0.0997. The lowest BCUT2D eigenvalue weighted by atomic mass is 10.2. The monoisotopic (exact) mass is 315 g/mol. The summed E-state index contributed by atoms with van der Waals surface area (Å²) in [5.41, 5.74) is 1.18. The van der Waals surface area contributed by atoms with Gasteiger partial charge in [-0.25, -0.2) is 4.39 Å². The Bertz CT molecular complexity index is 812. The van der Waals surface area contributed by atoms with Gasteiger partial charge in [0.1, 0.15) is 11.6 Å². The minimum Gasteiger partial charge on any atom is -0.451 e. The fourth-order valence-electron chi connectivity index (χ4n) is 1.99. The Balaban J connectivity index is 1.78. The van der Waals surface area contributed by atoms with Crippen molar-refractivity contribution in [2.45, 2.75) is 0 Å². The van der Waals surface area contributed by atoms with Crippen molar-refractivity contribution < 1.29 is 13.6 Å². The highest BCUT2D eigenvalue weighted by molar-refractivity contribution is 6.30. The predicted octanol–water partition coefficient (Wildman–Crippen LogP) is 4.99. The molecule has 0 aliphatic rings.